The van der Waals surface area contributed by atoms with Crippen LogP contribution in [0.1, 0.15) is 25.3 Å². The summed E-state index contributed by atoms with van der Waals surface area (Å²) < 4.78 is 17.3. The first-order valence-electron chi connectivity index (χ1n) is 7.20. The van der Waals surface area contributed by atoms with Crippen LogP contribution in [0.4, 0.5) is 4.39 Å². The highest BCUT2D eigenvalue weighted by molar-refractivity contribution is 5.82. The van der Waals surface area contributed by atoms with E-state index in [9.17, 15) is 19.1 Å². The number of aliphatic carboxylic acids is 1. The number of carboxylic acid groups (broad SMARTS) is 1. The third-order valence-electron chi connectivity index (χ3n) is 3.36. The Morgan fingerprint density at radius 2 is 1.95 bits per heavy atom. The van der Waals surface area contributed by atoms with Gasteiger partial charge in [-0.3, -0.25) is 14.0 Å². The summed E-state index contributed by atoms with van der Waals surface area (Å²) in [6, 6.07) is 6.21. The second kappa shape index (κ2) is 9.15. The Balaban J connectivity index is 2.62. The second-order valence-corrected chi connectivity index (χ2v) is 5.23. The molecule has 0 saturated carbocycles. The van der Waals surface area contributed by atoms with Crippen molar-refractivity contribution in [3.8, 4) is 5.75 Å². The number of carbonyl (C=O) groups excluding carboxylic acids is 1. The van der Waals surface area contributed by atoms with Crippen LogP contribution in [0.25, 0.3) is 0 Å². The fourth-order valence-corrected chi connectivity index (χ4v) is 1.99. The van der Waals surface area contributed by atoms with Gasteiger partial charge in [-0.05, 0) is 37.5 Å². The van der Waals surface area contributed by atoms with Gasteiger partial charge >= 0.3 is 5.97 Å². The van der Waals surface area contributed by atoms with Crippen LogP contribution in [0.2, 0.25) is 0 Å². The smallest absolute Gasteiger partial charge is 0.306 e. The average molecular weight is 310 g/mol. The summed E-state index contributed by atoms with van der Waals surface area (Å²) in [5.74, 6) is -1.29. The summed E-state index contributed by atoms with van der Waals surface area (Å²) in [5, 5.41) is 9.24. The number of alkyl halides is 1. The van der Waals surface area contributed by atoms with E-state index in [-0.39, 0.29) is 12.2 Å². The van der Waals surface area contributed by atoms with E-state index in [4.69, 9.17) is 10.5 Å². The SMILES string of the molecule is CC(=O)C(N)CC(Cc1ccc(OCCC[18F])cc1)C(=O)O. The molecular weight excluding hydrogens is 288 g/mol. The Kier molecular flexibility index (Phi) is 7.52. The molecule has 0 aliphatic heterocycles. The normalized spacial score (nSPS) is 13.4. The lowest BCUT2D eigenvalue weighted by Crippen LogP contribution is -2.33. The van der Waals surface area contributed by atoms with Gasteiger partial charge < -0.3 is 15.6 Å². The first-order valence-corrected chi connectivity index (χ1v) is 7.20. The number of carboxylic acids is 1. The maximum Gasteiger partial charge on any atom is 0.306 e. The van der Waals surface area contributed by atoms with Crippen LogP contribution in [0.5, 0.6) is 5.75 Å². The summed E-state index contributed by atoms with van der Waals surface area (Å²) >= 11 is 0. The highest BCUT2D eigenvalue weighted by atomic mass is 18.2. The van der Waals surface area contributed by atoms with Crippen molar-refractivity contribution >= 4 is 11.8 Å². The molecule has 0 aliphatic rings. The van der Waals surface area contributed by atoms with E-state index in [1.165, 1.54) is 6.92 Å². The number of carbonyl (C=O) groups is 2. The fourth-order valence-electron chi connectivity index (χ4n) is 1.99. The minimum absolute atomic E-state index is 0.111. The van der Waals surface area contributed by atoms with E-state index < -0.39 is 24.6 Å². The van der Waals surface area contributed by atoms with Crippen LogP contribution < -0.4 is 10.5 Å². The van der Waals surface area contributed by atoms with Crippen molar-refractivity contribution in [1.82, 2.24) is 0 Å². The molecule has 0 aliphatic carbocycles. The predicted molar refractivity (Wildman–Crippen MR) is 80.6 cm³/mol. The Bertz CT molecular complexity index is 489. The van der Waals surface area contributed by atoms with Crippen molar-refractivity contribution in [2.45, 2.75) is 32.2 Å². The number of halogens is 1. The second-order valence-electron chi connectivity index (χ2n) is 5.23. The molecule has 1 aromatic carbocycles. The first-order chi connectivity index (χ1) is 10.4. The van der Waals surface area contributed by atoms with Crippen LogP contribution in [-0.2, 0) is 16.0 Å². The Hall–Kier alpha value is -1.95. The van der Waals surface area contributed by atoms with Crippen LogP contribution in [0, 0.1) is 5.92 Å². The molecule has 2 unspecified atom stereocenters. The Morgan fingerprint density at radius 1 is 1.32 bits per heavy atom. The third kappa shape index (κ3) is 6.22. The predicted octanol–water partition coefficient (Wildman–Crippen LogP) is 1.97. The summed E-state index contributed by atoms with van der Waals surface area (Å²) in [7, 11) is 0. The van der Waals surface area contributed by atoms with Crippen molar-refractivity contribution in [1.29, 1.82) is 0 Å². The monoisotopic (exact) mass is 310 g/mol. The quantitative estimate of drug-likeness (QED) is 0.645. The van der Waals surface area contributed by atoms with Crippen molar-refractivity contribution in [3.05, 3.63) is 29.8 Å². The number of Topliss-reactive ketones (excluding diaryl/α,β-unsaturated/α-hetero) is 1. The molecule has 0 spiro atoms. The largest absolute Gasteiger partial charge is 0.494 e. The number of nitrogens with two attached hydrogens (primary N) is 1. The van der Waals surface area contributed by atoms with E-state index in [0.717, 1.165) is 5.56 Å². The number of ketones is 1. The van der Waals surface area contributed by atoms with E-state index in [1.807, 2.05) is 0 Å². The van der Waals surface area contributed by atoms with E-state index >= 15 is 0 Å². The zero-order valence-electron chi connectivity index (χ0n) is 12.6. The standard InChI is InChI=1S/C16H22FNO4/c1-11(19)15(18)10-13(16(20)21)9-12-3-5-14(6-4-12)22-8-2-7-17/h3-6,13,15H,2,7-10,18H2,1H3,(H,20,21)/i17-1. The lowest BCUT2D eigenvalue weighted by Gasteiger charge is -2.16. The molecule has 0 bridgehead atoms. The number of hydrogen-bond donors (Lipinski definition) is 2. The highest BCUT2D eigenvalue weighted by Crippen LogP contribution is 2.18. The van der Waals surface area contributed by atoms with E-state index in [0.29, 0.717) is 25.2 Å². The molecule has 6 heteroatoms. The maximum absolute atomic E-state index is 12.0. The molecule has 22 heavy (non-hydrogen) atoms. The summed E-state index contributed by atoms with van der Waals surface area (Å²) in [4.78, 5) is 22.4. The molecule has 122 valence electrons. The van der Waals surface area contributed by atoms with Crippen molar-refractivity contribution in [2.75, 3.05) is 13.3 Å². The summed E-state index contributed by atoms with van der Waals surface area (Å²) in [5.41, 5.74) is 6.46. The molecule has 3 N–H and O–H groups in total. The van der Waals surface area contributed by atoms with Crippen LogP contribution in [-0.4, -0.2) is 36.2 Å². The van der Waals surface area contributed by atoms with Gasteiger partial charge in [0.2, 0.25) is 0 Å². The fraction of sp³-hybridized carbons (Fsp3) is 0.500. The zero-order chi connectivity index (χ0) is 16.5. The molecule has 0 heterocycles. The summed E-state index contributed by atoms with van der Waals surface area (Å²) in [6.07, 6.45) is 0.742. The van der Waals surface area contributed by atoms with Crippen LogP contribution in [0.3, 0.4) is 0 Å². The molecule has 0 amide bonds. The maximum atomic E-state index is 12.0. The van der Waals surface area contributed by atoms with E-state index in [2.05, 4.69) is 0 Å². The van der Waals surface area contributed by atoms with Gasteiger partial charge in [-0.1, -0.05) is 12.1 Å². The Labute approximate surface area is 129 Å². The number of hydrogen-bond acceptors (Lipinski definition) is 4. The van der Waals surface area contributed by atoms with Crippen LogP contribution in [0.15, 0.2) is 24.3 Å². The van der Waals surface area contributed by atoms with Gasteiger partial charge in [0.15, 0.2) is 0 Å². The molecule has 1 rings (SSSR count). The molecule has 0 fully saturated rings. The third-order valence-corrected chi connectivity index (χ3v) is 3.36. The van der Waals surface area contributed by atoms with Gasteiger partial charge in [0.05, 0.1) is 25.2 Å². The molecule has 0 radical (unpaired) electrons. The minimum Gasteiger partial charge on any atom is -0.494 e. The van der Waals surface area contributed by atoms with E-state index in [1.54, 1.807) is 24.3 Å². The van der Waals surface area contributed by atoms with Crippen molar-refractivity contribution < 1.29 is 23.8 Å². The van der Waals surface area contributed by atoms with Crippen LogP contribution >= 0.6 is 0 Å². The van der Waals surface area contributed by atoms with Gasteiger partial charge in [-0.15, -0.1) is 0 Å². The lowest BCUT2D eigenvalue weighted by atomic mass is 9.92. The average Bonchev–Trinajstić information content (AvgIpc) is 2.48. The number of ether oxygens (including phenoxy) is 1. The molecule has 0 saturated heterocycles. The van der Waals surface area contributed by atoms with Gasteiger partial charge in [0, 0.05) is 6.42 Å². The first kappa shape index (κ1) is 18.1. The molecule has 2 atom stereocenters. The molecule has 0 aromatic heterocycles. The minimum atomic E-state index is -0.972. The molecular formula is C16H22FNO4. The van der Waals surface area contributed by atoms with Gasteiger partial charge in [-0.25, -0.2) is 0 Å². The molecule has 1 aromatic rings. The van der Waals surface area contributed by atoms with Crippen molar-refractivity contribution in [3.63, 3.8) is 0 Å². The number of benzene rings is 1. The topological polar surface area (TPSA) is 89.6 Å². The van der Waals surface area contributed by atoms with Crippen molar-refractivity contribution in [2.24, 2.45) is 11.7 Å². The van der Waals surface area contributed by atoms with Gasteiger partial charge in [-0.2, -0.15) is 0 Å². The summed E-state index contributed by atoms with van der Waals surface area (Å²) in [6.45, 7) is 1.24. The highest BCUT2D eigenvalue weighted by Gasteiger charge is 2.23. The molecule has 5 nitrogen and oxygen atoms in total. The Morgan fingerprint density at radius 3 is 2.45 bits per heavy atom. The lowest BCUT2D eigenvalue weighted by molar-refractivity contribution is -0.142. The van der Waals surface area contributed by atoms with Gasteiger partial charge in [0.25, 0.3) is 0 Å². The zero-order valence-corrected chi connectivity index (χ0v) is 12.6. The number of rotatable bonds is 10. The van der Waals surface area contributed by atoms with Gasteiger partial charge in [0.1, 0.15) is 11.5 Å².